The Morgan fingerprint density at radius 2 is 2.00 bits per heavy atom. The fourth-order valence-corrected chi connectivity index (χ4v) is 1.71. The van der Waals surface area contributed by atoms with Gasteiger partial charge >= 0.3 is 5.97 Å². The van der Waals surface area contributed by atoms with E-state index in [1.165, 1.54) is 12.1 Å². The highest BCUT2D eigenvalue weighted by atomic mass is 16.4. The van der Waals surface area contributed by atoms with E-state index >= 15 is 0 Å². The first-order valence-corrected chi connectivity index (χ1v) is 4.81. The quantitative estimate of drug-likeness (QED) is 0.699. The van der Waals surface area contributed by atoms with Crippen LogP contribution in [-0.4, -0.2) is 16.2 Å². The molecule has 0 saturated carbocycles. The summed E-state index contributed by atoms with van der Waals surface area (Å²) in [5.74, 6) is -1.10. The second kappa shape index (κ2) is 3.73. The average molecular weight is 217 g/mol. The van der Waals surface area contributed by atoms with Crippen LogP contribution in [0.4, 0.5) is 0 Å². The number of dihydropyridines is 1. The lowest BCUT2D eigenvalue weighted by Gasteiger charge is -2.29. The Balaban J connectivity index is 2.57. The highest BCUT2D eigenvalue weighted by molar-refractivity contribution is 5.85. The van der Waals surface area contributed by atoms with Crippen LogP contribution in [0.2, 0.25) is 0 Å². The number of hydrogen-bond acceptors (Lipinski definition) is 3. The van der Waals surface area contributed by atoms with Crippen molar-refractivity contribution in [3.63, 3.8) is 0 Å². The number of phenols is 1. The van der Waals surface area contributed by atoms with E-state index in [0.717, 1.165) is 0 Å². The van der Waals surface area contributed by atoms with Gasteiger partial charge in [0.05, 0.1) is 0 Å². The molecule has 0 bridgehead atoms. The van der Waals surface area contributed by atoms with Gasteiger partial charge in [-0.1, -0.05) is 24.3 Å². The summed E-state index contributed by atoms with van der Waals surface area (Å²) >= 11 is 0. The minimum absolute atomic E-state index is 0.0441. The molecule has 1 aliphatic heterocycles. The lowest BCUT2D eigenvalue weighted by Crippen LogP contribution is -2.46. The summed E-state index contributed by atoms with van der Waals surface area (Å²) in [5.41, 5.74) is -1.07. The third kappa shape index (κ3) is 1.44. The Morgan fingerprint density at radius 3 is 2.56 bits per heavy atom. The zero-order valence-electron chi connectivity index (χ0n) is 8.42. The zero-order valence-corrected chi connectivity index (χ0v) is 8.42. The molecule has 4 nitrogen and oxygen atoms in total. The number of phenolic OH excluding ortho intramolecular Hbond substituents is 1. The second-order valence-corrected chi connectivity index (χ2v) is 3.49. The molecule has 4 heteroatoms. The standard InChI is InChI=1S/C12H11NO3/c14-10-6-2-1-5-9(10)12(11(15)16)7-3-4-8-13-12/h1-8,13-14H,(H,15,16). The van der Waals surface area contributed by atoms with Crippen LogP contribution < -0.4 is 5.32 Å². The summed E-state index contributed by atoms with van der Waals surface area (Å²) in [6, 6.07) is 6.39. The van der Waals surface area contributed by atoms with E-state index in [0.29, 0.717) is 5.56 Å². The molecule has 0 aromatic heterocycles. The number of benzene rings is 1. The highest BCUT2D eigenvalue weighted by Crippen LogP contribution is 2.32. The van der Waals surface area contributed by atoms with Crippen molar-refractivity contribution in [3.8, 4) is 5.75 Å². The van der Waals surface area contributed by atoms with Gasteiger partial charge in [0.2, 0.25) is 0 Å². The number of allylic oxidation sites excluding steroid dienone is 2. The van der Waals surface area contributed by atoms with Gasteiger partial charge < -0.3 is 15.5 Å². The van der Waals surface area contributed by atoms with Gasteiger partial charge in [-0.05, 0) is 24.4 Å². The van der Waals surface area contributed by atoms with Crippen molar-refractivity contribution in [2.24, 2.45) is 0 Å². The van der Waals surface area contributed by atoms with Gasteiger partial charge in [-0.25, -0.2) is 4.79 Å². The fourth-order valence-electron chi connectivity index (χ4n) is 1.71. The van der Waals surface area contributed by atoms with Crippen molar-refractivity contribution in [2.45, 2.75) is 5.54 Å². The summed E-state index contributed by atoms with van der Waals surface area (Å²) in [4.78, 5) is 11.4. The van der Waals surface area contributed by atoms with Crippen LogP contribution in [0.3, 0.4) is 0 Å². The van der Waals surface area contributed by atoms with E-state index in [4.69, 9.17) is 0 Å². The van der Waals surface area contributed by atoms with E-state index in [2.05, 4.69) is 5.32 Å². The summed E-state index contributed by atoms with van der Waals surface area (Å²) in [6.07, 6.45) is 6.38. The largest absolute Gasteiger partial charge is 0.508 e. The van der Waals surface area contributed by atoms with Gasteiger partial charge in [-0.2, -0.15) is 0 Å². The van der Waals surface area contributed by atoms with Gasteiger partial charge in [0.25, 0.3) is 0 Å². The third-order valence-corrected chi connectivity index (χ3v) is 2.53. The number of nitrogens with one attached hydrogen (secondary N) is 1. The maximum absolute atomic E-state index is 11.4. The maximum atomic E-state index is 11.4. The first-order valence-electron chi connectivity index (χ1n) is 4.81. The topological polar surface area (TPSA) is 69.6 Å². The Morgan fingerprint density at radius 1 is 1.25 bits per heavy atom. The molecule has 0 amide bonds. The summed E-state index contributed by atoms with van der Waals surface area (Å²) in [5, 5.41) is 21.8. The third-order valence-electron chi connectivity index (χ3n) is 2.53. The molecule has 1 aliphatic rings. The van der Waals surface area contributed by atoms with Gasteiger partial charge in [-0.15, -0.1) is 0 Å². The van der Waals surface area contributed by atoms with Crippen LogP contribution in [-0.2, 0) is 10.3 Å². The van der Waals surface area contributed by atoms with Crippen molar-refractivity contribution in [3.05, 3.63) is 54.3 Å². The van der Waals surface area contributed by atoms with Crippen molar-refractivity contribution in [1.29, 1.82) is 0 Å². The predicted molar refractivity (Wildman–Crippen MR) is 58.8 cm³/mol. The summed E-state index contributed by atoms with van der Waals surface area (Å²) < 4.78 is 0. The number of aromatic hydroxyl groups is 1. The van der Waals surface area contributed by atoms with Crippen LogP contribution in [0.5, 0.6) is 5.75 Å². The van der Waals surface area contributed by atoms with Crippen LogP contribution >= 0.6 is 0 Å². The molecule has 3 N–H and O–H groups in total. The Hall–Kier alpha value is -2.23. The van der Waals surface area contributed by atoms with E-state index in [9.17, 15) is 15.0 Å². The Labute approximate surface area is 92.5 Å². The molecule has 1 unspecified atom stereocenters. The van der Waals surface area contributed by atoms with Gasteiger partial charge in [0.15, 0.2) is 5.54 Å². The monoisotopic (exact) mass is 217 g/mol. The van der Waals surface area contributed by atoms with Gasteiger partial charge in [0, 0.05) is 5.56 Å². The number of carbonyl (C=O) groups is 1. The lowest BCUT2D eigenvalue weighted by molar-refractivity contribution is -0.142. The van der Waals surface area contributed by atoms with Gasteiger partial charge in [-0.3, -0.25) is 0 Å². The van der Waals surface area contributed by atoms with E-state index in [1.54, 1.807) is 36.6 Å². The molecule has 0 spiro atoms. The first-order chi connectivity index (χ1) is 7.67. The Kier molecular flexibility index (Phi) is 2.40. The molecule has 16 heavy (non-hydrogen) atoms. The zero-order chi connectivity index (χ0) is 11.6. The minimum Gasteiger partial charge on any atom is -0.508 e. The molecule has 2 rings (SSSR count). The van der Waals surface area contributed by atoms with E-state index in [1.807, 2.05) is 0 Å². The van der Waals surface area contributed by atoms with Crippen molar-refractivity contribution >= 4 is 5.97 Å². The molecule has 1 heterocycles. The highest BCUT2D eigenvalue weighted by Gasteiger charge is 2.39. The minimum atomic E-state index is -1.39. The van der Waals surface area contributed by atoms with Crippen molar-refractivity contribution in [1.82, 2.24) is 5.32 Å². The molecule has 82 valence electrons. The predicted octanol–water partition coefficient (Wildman–Crippen LogP) is 1.35. The van der Waals surface area contributed by atoms with Crippen molar-refractivity contribution < 1.29 is 15.0 Å². The number of carboxylic acid groups (broad SMARTS) is 1. The number of carboxylic acids is 1. The molecule has 0 fully saturated rings. The molecule has 1 aromatic carbocycles. The van der Waals surface area contributed by atoms with E-state index in [-0.39, 0.29) is 5.75 Å². The second-order valence-electron chi connectivity index (χ2n) is 3.49. The number of para-hydroxylation sites is 1. The molecule has 0 saturated heterocycles. The average Bonchev–Trinajstić information content (AvgIpc) is 2.30. The van der Waals surface area contributed by atoms with Crippen LogP contribution in [0.1, 0.15) is 5.56 Å². The SMILES string of the molecule is O=C(O)C1(c2ccccc2O)C=CC=CN1. The fraction of sp³-hybridized carbons (Fsp3) is 0.0833. The van der Waals surface area contributed by atoms with Crippen LogP contribution in [0.15, 0.2) is 48.7 Å². The maximum Gasteiger partial charge on any atom is 0.338 e. The van der Waals surface area contributed by atoms with Crippen LogP contribution in [0, 0.1) is 0 Å². The first kappa shape index (κ1) is 10.3. The smallest absolute Gasteiger partial charge is 0.338 e. The Bertz CT molecular complexity index is 479. The normalized spacial score (nSPS) is 22.8. The molecule has 0 radical (unpaired) electrons. The van der Waals surface area contributed by atoms with E-state index < -0.39 is 11.5 Å². The van der Waals surface area contributed by atoms with Crippen LogP contribution in [0.25, 0.3) is 0 Å². The molecular weight excluding hydrogens is 206 g/mol. The molecule has 1 atom stereocenters. The molecule has 0 aliphatic carbocycles. The summed E-state index contributed by atoms with van der Waals surface area (Å²) in [7, 11) is 0. The van der Waals surface area contributed by atoms with Gasteiger partial charge in [0.1, 0.15) is 5.75 Å². The lowest BCUT2D eigenvalue weighted by atomic mass is 9.87. The van der Waals surface area contributed by atoms with Crippen molar-refractivity contribution in [2.75, 3.05) is 0 Å². The summed E-state index contributed by atoms with van der Waals surface area (Å²) in [6.45, 7) is 0. The molecular formula is C12H11NO3. The number of rotatable bonds is 2. The number of hydrogen-bond donors (Lipinski definition) is 3. The molecule has 1 aromatic rings. The number of aliphatic carboxylic acids is 1.